The van der Waals surface area contributed by atoms with Crippen molar-refractivity contribution in [2.75, 3.05) is 13.2 Å². The van der Waals surface area contributed by atoms with Crippen molar-refractivity contribution in [3.8, 4) is 11.5 Å². The highest BCUT2D eigenvalue weighted by atomic mass is 35.5. The first-order valence-electron chi connectivity index (χ1n) is 6.26. The molecule has 2 rings (SSSR count). The van der Waals surface area contributed by atoms with E-state index in [1.165, 1.54) is 6.07 Å². The fourth-order valence-corrected chi connectivity index (χ4v) is 1.88. The summed E-state index contributed by atoms with van der Waals surface area (Å²) in [6.07, 6.45) is 0. The first-order valence-corrected chi connectivity index (χ1v) is 6.26. The van der Waals surface area contributed by atoms with E-state index in [2.05, 4.69) is 0 Å². The van der Waals surface area contributed by atoms with Crippen LogP contribution in [0.25, 0.3) is 11.0 Å². The Hall–Kier alpha value is -1.72. The van der Waals surface area contributed by atoms with Gasteiger partial charge in [0.25, 0.3) is 0 Å². The largest absolute Gasteiger partial charge is 0.490 e. The molecule has 0 saturated carbocycles. The zero-order valence-corrected chi connectivity index (χ0v) is 12.3. The van der Waals surface area contributed by atoms with Gasteiger partial charge in [-0.1, -0.05) is 0 Å². The van der Waals surface area contributed by atoms with Crippen molar-refractivity contribution in [3.63, 3.8) is 0 Å². The summed E-state index contributed by atoms with van der Waals surface area (Å²) in [7, 11) is 0. The lowest BCUT2D eigenvalue weighted by atomic mass is 10.2. The van der Waals surface area contributed by atoms with Gasteiger partial charge in [-0.2, -0.15) is 0 Å². The van der Waals surface area contributed by atoms with E-state index < -0.39 is 0 Å². The lowest BCUT2D eigenvalue weighted by Gasteiger charge is -2.12. The molecule has 5 nitrogen and oxygen atoms in total. The van der Waals surface area contributed by atoms with Gasteiger partial charge >= 0.3 is 0 Å². The fraction of sp³-hybridized carbons (Fsp3) is 0.357. The standard InChI is InChI=1S/C14H17NO4.ClH/c1-3-17-12-6-5-10-11(16)7-9(8-15)19-13(10)14(12)18-4-2;/h5-7H,3-4,8,15H2,1-2H3;1H. The Labute approximate surface area is 123 Å². The highest BCUT2D eigenvalue weighted by Crippen LogP contribution is 2.35. The van der Waals surface area contributed by atoms with Crippen LogP contribution in [0.4, 0.5) is 0 Å². The van der Waals surface area contributed by atoms with Gasteiger partial charge < -0.3 is 19.6 Å². The zero-order chi connectivity index (χ0) is 13.8. The monoisotopic (exact) mass is 299 g/mol. The molecule has 0 aliphatic heterocycles. The van der Waals surface area contributed by atoms with E-state index >= 15 is 0 Å². The van der Waals surface area contributed by atoms with E-state index in [0.29, 0.717) is 41.4 Å². The molecule has 110 valence electrons. The van der Waals surface area contributed by atoms with Crippen LogP contribution in [0.3, 0.4) is 0 Å². The summed E-state index contributed by atoms with van der Waals surface area (Å²) in [6, 6.07) is 4.79. The number of fused-ring (bicyclic) bond motifs is 1. The summed E-state index contributed by atoms with van der Waals surface area (Å²) in [5.41, 5.74) is 5.78. The lowest BCUT2D eigenvalue weighted by molar-refractivity contribution is 0.286. The summed E-state index contributed by atoms with van der Waals surface area (Å²) >= 11 is 0. The molecule has 0 aliphatic carbocycles. The molecule has 1 heterocycles. The van der Waals surface area contributed by atoms with Gasteiger partial charge in [0.1, 0.15) is 5.76 Å². The fourth-order valence-electron chi connectivity index (χ4n) is 1.88. The molecule has 0 bridgehead atoms. The Kier molecular flexibility index (Phi) is 5.85. The number of hydrogen-bond donors (Lipinski definition) is 1. The molecule has 0 saturated heterocycles. The highest BCUT2D eigenvalue weighted by Gasteiger charge is 2.15. The van der Waals surface area contributed by atoms with Crippen LogP contribution in [0.1, 0.15) is 19.6 Å². The summed E-state index contributed by atoms with van der Waals surface area (Å²) in [5, 5.41) is 0.462. The van der Waals surface area contributed by atoms with Gasteiger partial charge in [0.2, 0.25) is 5.75 Å². The van der Waals surface area contributed by atoms with E-state index in [9.17, 15) is 4.79 Å². The lowest BCUT2D eigenvalue weighted by Crippen LogP contribution is -2.07. The van der Waals surface area contributed by atoms with Crippen molar-refractivity contribution in [2.24, 2.45) is 5.73 Å². The average molecular weight is 300 g/mol. The molecule has 2 aromatic rings. The number of ether oxygens (including phenoxy) is 2. The van der Waals surface area contributed by atoms with Gasteiger partial charge in [0.15, 0.2) is 16.8 Å². The predicted octanol–water partition coefficient (Wildman–Crippen LogP) is 2.47. The Morgan fingerprint density at radius 1 is 1.20 bits per heavy atom. The van der Waals surface area contributed by atoms with Crippen LogP contribution in [0.15, 0.2) is 27.4 Å². The van der Waals surface area contributed by atoms with Crippen LogP contribution in [0.2, 0.25) is 0 Å². The molecule has 1 aromatic heterocycles. The van der Waals surface area contributed by atoms with Crippen LogP contribution >= 0.6 is 12.4 Å². The Balaban J connectivity index is 0.00000200. The van der Waals surface area contributed by atoms with Crippen molar-refractivity contribution in [1.29, 1.82) is 0 Å². The molecule has 20 heavy (non-hydrogen) atoms. The van der Waals surface area contributed by atoms with Gasteiger partial charge in [-0.3, -0.25) is 4.79 Å². The first kappa shape index (κ1) is 16.3. The molecule has 0 unspecified atom stereocenters. The van der Waals surface area contributed by atoms with E-state index in [1.54, 1.807) is 12.1 Å². The third kappa shape index (κ3) is 3.05. The minimum atomic E-state index is -0.134. The maximum atomic E-state index is 12.0. The van der Waals surface area contributed by atoms with E-state index in [4.69, 9.17) is 19.6 Å². The van der Waals surface area contributed by atoms with Gasteiger partial charge in [-0.15, -0.1) is 12.4 Å². The average Bonchev–Trinajstić information content (AvgIpc) is 2.41. The minimum Gasteiger partial charge on any atom is -0.490 e. The molecule has 0 spiro atoms. The second-order valence-electron chi connectivity index (χ2n) is 3.92. The van der Waals surface area contributed by atoms with Crippen LogP contribution in [-0.2, 0) is 6.54 Å². The third-order valence-electron chi connectivity index (χ3n) is 2.66. The molecule has 0 radical (unpaired) electrons. The summed E-state index contributed by atoms with van der Waals surface area (Å²) in [4.78, 5) is 12.0. The predicted molar refractivity (Wildman–Crippen MR) is 80.0 cm³/mol. The van der Waals surface area contributed by atoms with E-state index in [1.807, 2.05) is 13.8 Å². The molecule has 6 heteroatoms. The van der Waals surface area contributed by atoms with Crippen molar-refractivity contribution in [2.45, 2.75) is 20.4 Å². The van der Waals surface area contributed by atoms with Gasteiger partial charge in [-0.25, -0.2) is 0 Å². The third-order valence-corrected chi connectivity index (χ3v) is 2.66. The maximum absolute atomic E-state index is 12.0. The summed E-state index contributed by atoms with van der Waals surface area (Å²) < 4.78 is 16.7. The number of nitrogens with two attached hydrogens (primary N) is 1. The number of hydrogen-bond acceptors (Lipinski definition) is 5. The number of rotatable bonds is 5. The van der Waals surface area contributed by atoms with Crippen LogP contribution < -0.4 is 20.6 Å². The first-order chi connectivity index (χ1) is 9.21. The summed E-state index contributed by atoms with van der Waals surface area (Å²) in [5.74, 6) is 1.44. The molecular weight excluding hydrogens is 282 g/mol. The molecule has 0 fully saturated rings. The molecule has 0 amide bonds. The Morgan fingerprint density at radius 2 is 1.90 bits per heavy atom. The molecule has 2 N–H and O–H groups in total. The van der Waals surface area contributed by atoms with Gasteiger partial charge in [-0.05, 0) is 26.0 Å². The maximum Gasteiger partial charge on any atom is 0.204 e. The number of halogens is 1. The van der Waals surface area contributed by atoms with Crippen molar-refractivity contribution in [1.82, 2.24) is 0 Å². The van der Waals surface area contributed by atoms with Gasteiger partial charge in [0, 0.05) is 6.07 Å². The Bertz CT molecular complexity index is 639. The number of benzene rings is 1. The molecule has 0 aliphatic rings. The van der Waals surface area contributed by atoms with Crippen molar-refractivity contribution < 1.29 is 13.9 Å². The minimum absolute atomic E-state index is 0. The molecule has 0 atom stereocenters. The van der Waals surface area contributed by atoms with Crippen LogP contribution in [0.5, 0.6) is 11.5 Å². The zero-order valence-electron chi connectivity index (χ0n) is 11.5. The summed E-state index contributed by atoms with van der Waals surface area (Å²) in [6.45, 7) is 4.86. The van der Waals surface area contributed by atoms with E-state index in [-0.39, 0.29) is 24.4 Å². The molecular formula is C14H18ClNO4. The topological polar surface area (TPSA) is 74.7 Å². The van der Waals surface area contributed by atoms with Crippen molar-refractivity contribution in [3.05, 3.63) is 34.2 Å². The molecule has 1 aromatic carbocycles. The smallest absolute Gasteiger partial charge is 0.204 e. The second-order valence-corrected chi connectivity index (χ2v) is 3.92. The van der Waals surface area contributed by atoms with Crippen LogP contribution in [-0.4, -0.2) is 13.2 Å². The highest BCUT2D eigenvalue weighted by molar-refractivity contribution is 5.85. The van der Waals surface area contributed by atoms with Crippen LogP contribution in [0, 0.1) is 0 Å². The quantitative estimate of drug-likeness (QED) is 0.918. The van der Waals surface area contributed by atoms with Crippen molar-refractivity contribution >= 4 is 23.4 Å². The van der Waals surface area contributed by atoms with E-state index in [0.717, 1.165) is 0 Å². The Morgan fingerprint density at radius 3 is 2.50 bits per heavy atom. The second kappa shape index (κ2) is 7.17. The SMILES string of the molecule is CCOc1ccc2c(=O)cc(CN)oc2c1OCC.Cl. The normalized spacial score (nSPS) is 10.2. The van der Waals surface area contributed by atoms with Gasteiger partial charge in [0.05, 0.1) is 25.1 Å².